The first-order chi connectivity index (χ1) is 6.06. The van der Waals surface area contributed by atoms with Gasteiger partial charge >= 0.3 is 0 Å². The van der Waals surface area contributed by atoms with E-state index in [4.69, 9.17) is 0 Å². The molecule has 74 valence electrons. The van der Waals surface area contributed by atoms with Gasteiger partial charge in [-0.05, 0) is 30.9 Å². The largest absolute Gasteiger partial charge is 0.369 e. The number of hydrazone groups is 1. The summed E-state index contributed by atoms with van der Waals surface area (Å²) in [5, 5.41) is 15.4. The van der Waals surface area contributed by atoms with Gasteiger partial charge in [0.1, 0.15) is 0 Å². The minimum atomic E-state index is -0.562. The topological polar surface area (TPSA) is 35.8 Å². The summed E-state index contributed by atoms with van der Waals surface area (Å²) in [6, 6.07) is 0. The highest BCUT2D eigenvalue weighted by molar-refractivity contribution is 5.99. The van der Waals surface area contributed by atoms with Crippen LogP contribution in [0.2, 0.25) is 0 Å². The molecular formula is C10H18N2O. The first kappa shape index (κ1) is 10.3. The van der Waals surface area contributed by atoms with E-state index < -0.39 is 6.23 Å². The first-order valence-electron chi connectivity index (χ1n) is 4.74. The lowest BCUT2D eigenvalue weighted by Crippen LogP contribution is -2.31. The monoisotopic (exact) mass is 182 g/mol. The van der Waals surface area contributed by atoms with Crippen molar-refractivity contribution < 1.29 is 5.11 Å². The molecule has 0 spiro atoms. The van der Waals surface area contributed by atoms with Crippen molar-refractivity contribution >= 4 is 5.71 Å². The van der Waals surface area contributed by atoms with Gasteiger partial charge in [-0.1, -0.05) is 13.8 Å². The van der Waals surface area contributed by atoms with Crippen LogP contribution in [0.3, 0.4) is 0 Å². The predicted molar refractivity (Wildman–Crippen MR) is 54.4 cm³/mol. The number of rotatable bonds is 2. The lowest BCUT2D eigenvalue weighted by molar-refractivity contribution is 0.0617. The maximum atomic E-state index is 9.55. The summed E-state index contributed by atoms with van der Waals surface area (Å²) < 4.78 is 0. The predicted octanol–water partition coefficient (Wildman–Crippen LogP) is 1.60. The zero-order valence-corrected chi connectivity index (χ0v) is 8.78. The van der Waals surface area contributed by atoms with Gasteiger partial charge in [-0.3, -0.25) is 5.01 Å². The number of likely N-dealkylation sites (N-methyl/N-ethyl adjacent to an activating group) is 1. The molecule has 0 radical (unpaired) electrons. The highest BCUT2D eigenvalue weighted by Gasteiger charge is 2.19. The molecule has 0 amide bonds. The summed E-state index contributed by atoms with van der Waals surface area (Å²) in [6.07, 6.45) is 2.40. The number of nitrogens with zero attached hydrogens (tertiary/aromatic N) is 2. The lowest BCUT2D eigenvalue weighted by Gasteiger charge is -2.27. The van der Waals surface area contributed by atoms with Crippen LogP contribution in [0.5, 0.6) is 0 Å². The van der Waals surface area contributed by atoms with Crippen molar-refractivity contribution in [1.82, 2.24) is 5.01 Å². The molecule has 1 heterocycles. The number of aliphatic hydroxyl groups excluding tert-OH is 1. The normalized spacial score (nSPS) is 25.3. The molecule has 1 rings (SSSR count). The van der Waals surface area contributed by atoms with Gasteiger partial charge in [0.05, 0.1) is 5.71 Å². The van der Waals surface area contributed by atoms with Gasteiger partial charge in [0.2, 0.25) is 0 Å². The van der Waals surface area contributed by atoms with Gasteiger partial charge in [-0.15, -0.1) is 0 Å². The number of hydrogen-bond donors (Lipinski definition) is 1. The highest BCUT2D eigenvalue weighted by atomic mass is 16.3. The Morgan fingerprint density at radius 3 is 2.85 bits per heavy atom. The molecule has 1 aliphatic heterocycles. The summed E-state index contributed by atoms with van der Waals surface area (Å²) in [5.74, 6) is 0.479. The lowest BCUT2D eigenvalue weighted by atomic mass is 9.93. The summed E-state index contributed by atoms with van der Waals surface area (Å²) in [5.41, 5.74) is 2.19. The van der Waals surface area contributed by atoms with Gasteiger partial charge < -0.3 is 5.11 Å². The zero-order chi connectivity index (χ0) is 10.0. The van der Waals surface area contributed by atoms with Crippen molar-refractivity contribution in [1.29, 1.82) is 0 Å². The summed E-state index contributed by atoms with van der Waals surface area (Å²) in [7, 11) is 1.78. The van der Waals surface area contributed by atoms with E-state index in [0.29, 0.717) is 5.92 Å². The second-order valence-corrected chi connectivity index (χ2v) is 3.60. The van der Waals surface area contributed by atoms with Gasteiger partial charge in [-0.2, -0.15) is 5.10 Å². The van der Waals surface area contributed by atoms with Crippen LogP contribution in [0.15, 0.2) is 16.8 Å². The van der Waals surface area contributed by atoms with E-state index in [9.17, 15) is 5.11 Å². The fraction of sp³-hybridized carbons (Fsp3) is 0.700. The molecule has 2 unspecified atom stereocenters. The number of aliphatic hydroxyl groups is 1. The van der Waals surface area contributed by atoms with E-state index in [0.717, 1.165) is 12.1 Å². The van der Waals surface area contributed by atoms with Gasteiger partial charge in [0.25, 0.3) is 0 Å². The third-order valence-corrected chi connectivity index (χ3v) is 2.58. The highest BCUT2D eigenvalue weighted by Crippen LogP contribution is 2.21. The maximum absolute atomic E-state index is 9.55. The molecule has 0 saturated heterocycles. The van der Waals surface area contributed by atoms with E-state index in [-0.39, 0.29) is 0 Å². The Balaban J connectivity index is 2.86. The smallest absolute Gasteiger partial charge is 0.161 e. The van der Waals surface area contributed by atoms with E-state index in [1.54, 1.807) is 12.1 Å². The Morgan fingerprint density at radius 1 is 1.69 bits per heavy atom. The second-order valence-electron chi connectivity index (χ2n) is 3.60. The third kappa shape index (κ3) is 2.10. The quantitative estimate of drug-likeness (QED) is 0.704. The molecule has 3 nitrogen and oxygen atoms in total. The van der Waals surface area contributed by atoms with Crippen molar-refractivity contribution in [3.63, 3.8) is 0 Å². The van der Waals surface area contributed by atoms with E-state index in [2.05, 4.69) is 18.9 Å². The van der Waals surface area contributed by atoms with Crippen LogP contribution in [0.25, 0.3) is 0 Å². The van der Waals surface area contributed by atoms with E-state index in [1.807, 2.05) is 13.0 Å². The van der Waals surface area contributed by atoms with Crippen molar-refractivity contribution in [3.8, 4) is 0 Å². The Labute approximate surface area is 79.7 Å². The Morgan fingerprint density at radius 2 is 2.31 bits per heavy atom. The van der Waals surface area contributed by atoms with Crippen LogP contribution >= 0.6 is 0 Å². The molecule has 0 saturated carbocycles. The molecule has 0 aliphatic carbocycles. The van der Waals surface area contributed by atoms with Crippen LogP contribution in [0.4, 0.5) is 0 Å². The maximum Gasteiger partial charge on any atom is 0.161 e. The second kappa shape index (κ2) is 3.92. The van der Waals surface area contributed by atoms with E-state index >= 15 is 0 Å². The van der Waals surface area contributed by atoms with Crippen molar-refractivity contribution in [2.24, 2.45) is 11.0 Å². The first-order valence-corrected chi connectivity index (χ1v) is 4.74. The molecule has 0 aromatic carbocycles. The molecule has 0 fully saturated rings. The minimum absolute atomic E-state index is 0.479. The van der Waals surface area contributed by atoms with Crippen LogP contribution in [0.1, 0.15) is 27.2 Å². The molecule has 0 aromatic rings. The molecule has 13 heavy (non-hydrogen) atoms. The standard InChI is InChI=1S/C10H18N2O/c1-5-7(2)9-6-10(13)12(4)11-8(9)3/h6-7,10,13H,5H2,1-4H3. The molecule has 0 aromatic heterocycles. The molecular weight excluding hydrogens is 164 g/mol. The van der Waals surface area contributed by atoms with E-state index in [1.165, 1.54) is 5.57 Å². The average molecular weight is 182 g/mol. The van der Waals surface area contributed by atoms with Crippen molar-refractivity contribution in [3.05, 3.63) is 11.6 Å². The Kier molecular flexibility index (Phi) is 3.09. The number of allylic oxidation sites excluding steroid dienone is 1. The summed E-state index contributed by atoms with van der Waals surface area (Å²) >= 11 is 0. The summed E-state index contributed by atoms with van der Waals surface area (Å²) in [6.45, 7) is 6.28. The van der Waals surface area contributed by atoms with Crippen LogP contribution in [0, 0.1) is 5.92 Å². The Hall–Kier alpha value is -0.830. The number of hydrogen-bond acceptors (Lipinski definition) is 3. The van der Waals surface area contributed by atoms with Gasteiger partial charge in [0, 0.05) is 7.05 Å². The minimum Gasteiger partial charge on any atom is -0.369 e. The molecule has 1 aliphatic rings. The average Bonchev–Trinajstić information content (AvgIpc) is 2.10. The zero-order valence-electron chi connectivity index (χ0n) is 8.78. The fourth-order valence-electron chi connectivity index (χ4n) is 1.48. The molecule has 1 N–H and O–H groups in total. The molecule has 3 heteroatoms. The third-order valence-electron chi connectivity index (χ3n) is 2.58. The molecule has 0 bridgehead atoms. The molecule has 2 atom stereocenters. The van der Waals surface area contributed by atoms with Crippen LogP contribution in [-0.2, 0) is 0 Å². The SMILES string of the molecule is CCC(C)C1=CC(O)N(C)N=C1C. The Bertz CT molecular complexity index is 245. The van der Waals surface area contributed by atoms with Crippen LogP contribution < -0.4 is 0 Å². The van der Waals surface area contributed by atoms with Crippen LogP contribution in [-0.4, -0.2) is 29.1 Å². The van der Waals surface area contributed by atoms with Crippen molar-refractivity contribution in [2.45, 2.75) is 33.4 Å². The summed E-state index contributed by atoms with van der Waals surface area (Å²) in [4.78, 5) is 0. The van der Waals surface area contributed by atoms with Gasteiger partial charge in [-0.25, -0.2) is 0 Å². The fourth-order valence-corrected chi connectivity index (χ4v) is 1.48. The van der Waals surface area contributed by atoms with Crippen molar-refractivity contribution in [2.75, 3.05) is 7.05 Å². The van der Waals surface area contributed by atoms with Gasteiger partial charge in [0.15, 0.2) is 6.23 Å².